The Balaban J connectivity index is 1.32. The smallest absolute Gasteiger partial charge is 0.324 e. The molecule has 10 heteroatoms. The molecule has 38 heavy (non-hydrogen) atoms. The Hall–Kier alpha value is -4.33. The first-order valence-corrected chi connectivity index (χ1v) is 12.4. The van der Waals surface area contributed by atoms with Crippen molar-refractivity contribution < 1.29 is 19.2 Å². The predicted molar refractivity (Wildman–Crippen MR) is 146 cm³/mol. The molecule has 0 aliphatic rings. The van der Waals surface area contributed by atoms with Gasteiger partial charge in [-0.25, -0.2) is 9.78 Å². The van der Waals surface area contributed by atoms with Crippen molar-refractivity contribution >= 4 is 23.2 Å². The first-order chi connectivity index (χ1) is 18.3. The quantitative estimate of drug-likeness (QED) is 0.196. The van der Waals surface area contributed by atoms with Gasteiger partial charge >= 0.3 is 6.03 Å². The summed E-state index contributed by atoms with van der Waals surface area (Å²) in [6, 6.07) is 12.4. The Labute approximate surface area is 221 Å². The molecule has 0 bridgehead atoms. The van der Waals surface area contributed by atoms with Crippen molar-refractivity contribution in [1.82, 2.24) is 19.9 Å². The second-order valence-electron chi connectivity index (χ2n) is 9.66. The summed E-state index contributed by atoms with van der Waals surface area (Å²) >= 11 is 0. The van der Waals surface area contributed by atoms with Crippen LogP contribution >= 0.6 is 0 Å². The number of benzene rings is 1. The minimum atomic E-state index is -0.427. The second kappa shape index (κ2) is 12.3. The molecule has 0 saturated heterocycles. The fourth-order valence-electron chi connectivity index (χ4n) is 3.45. The number of aliphatic hydroxyl groups is 1. The maximum atomic E-state index is 12.4. The minimum Gasteiger partial charge on any atom is -0.494 e. The first kappa shape index (κ1) is 26.7. The van der Waals surface area contributed by atoms with Gasteiger partial charge in [-0.1, -0.05) is 31.8 Å². The molecule has 0 aliphatic heterocycles. The molecule has 3 aromatic heterocycles. The molecule has 0 saturated carbocycles. The van der Waals surface area contributed by atoms with Crippen molar-refractivity contribution in [3.8, 4) is 17.6 Å². The van der Waals surface area contributed by atoms with Gasteiger partial charge in [0.25, 0.3) is 0 Å². The summed E-state index contributed by atoms with van der Waals surface area (Å²) in [4.78, 5) is 16.9. The van der Waals surface area contributed by atoms with E-state index in [9.17, 15) is 4.79 Å². The Bertz CT molecular complexity index is 1420. The molecular formula is C28H32N6O4. The Morgan fingerprint density at radius 1 is 1.08 bits per heavy atom. The van der Waals surface area contributed by atoms with Crippen molar-refractivity contribution in [2.45, 2.75) is 32.6 Å². The summed E-state index contributed by atoms with van der Waals surface area (Å²) in [5, 5.41) is 21.2. The number of amides is 2. The van der Waals surface area contributed by atoms with Gasteiger partial charge in [0, 0.05) is 36.0 Å². The number of nitrogens with one attached hydrogen (secondary N) is 3. The zero-order valence-corrected chi connectivity index (χ0v) is 21.7. The Morgan fingerprint density at radius 2 is 1.89 bits per heavy atom. The maximum absolute atomic E-state index is 12.4. The van der Waals surface area contributed by atoms with Crippen LogP contribution in [0.3, 0.4) is 0 Å². The molecule has 0 aliphatic carbocycles. The molecule has 10 nitrogen and oxygen atoms in total. The van der Waals surface area contributed by atoms with Crippen molar-refractivity contribution in [2.75, 3.05) is 36.9 Å². The van der Waals surface area contributed by atoms with Crippen LogP contribution in [0.4, 0.5) is 16.3 Å². The van der Waals surface area contributed by atoms with Gasteiger partial charge in [-0.15, -0.1) is 0 Å². The van der Waals surface area contributed by atoms with Crippen LogP contribution in [0.2, 0.25) is 0 Å². The average Bonchev–Trinajstić information content (AvgIpc) is 3.52. The lowest BCUT2D eigenvalue weighted by Crippen LogP contribution is -2.20. The molecule has 0 unspecified atom stereocenters. The van der Waals surface area contributed by atoms with Crippen LogP contribution in [0.1, 0.15) is 44.2 Å². The summed E-state index contributed by atoms with van der Waals surface area (Å²) in [7, 11) is 0. The zero-order chi connectivity index (χ0) is 27.0. The number of imidazole rings is 1. The molecule has 3 heterocycles. The Morgan fingerprint density at radius 3 is 2.63 bits per heavy atom. The van der Waals surface area contributed by atoms with E-state index in [1.165, 1.54) is 0 Å². The third-order valence-electron chi connectivity index (χ3n) is 5.44. The topological polar surface area (TPSA) is 126 Å². The lowest BCUT2D eigenvalue weighted by molar-refractivity contribution is 0.262. The van der Waals surface area contributed by atoms with Crippen molar-refractivity contribution in [1.29, 1.82) is 0 Å². The zero-order valence-electron chi connectivity index (χ0n) is 21.7. The molecule has 0 radical (unpaired) electrons. The van der Waals surface area contributed by atoms with Gasteiger partial charge < -0.3 is 29.4 Å². The molecule has 4 aromatic rings. The largest absolute Gasteiger partial charge is 0.494 e. The molecule has 0 atom stereocenters. The molecule has 4 rings (SSSR count). The number of carbonyl (C=O) groups is 1. The molecule has 0 fully saturated rings. The summed E-state index contributed by atoms with van der Waals surface area (Å²) in [6.45, 7) is 8.15. The van der Waals surface area contributed by atoms with E-state index < -0.39 is 6.03 Å². The summed E-state index contributed by atoms with van der Waals surface area (Å²) in [5.41, 5.74) is 2.56. The molecule has 0 spiro atoms. The summed E-state index contributed by atoms with van der Waals surface area (Å²) in [6.07, 6.45) is 4.43. The number of anilines is 2. The van der Waals surface area contributed by atoms with Gasteiger partial charge in [-0.05, 0) is 55.3 Å². The van der Waals surface area contributed by atoms with E-state index in [-0.39, 0.29) is 12.0 Å². The van der Waals surface area contributed by atoms with Gasteiger partial charge in [0.1, 0.15) is 22.9 Å². The van der Waals surface area contributed by atoms with Crippen LogP contribution in [0.5, 0.6) is 5.75 Å². The lowest BCUT2D eigenvalue weighted by Gasteiger charge is -2.12. The highest BCUT2D eigenvalue weighted by atomic mass is 16.5. The van der Waals surface area contributed by atoms with Crippen LogP contribution < -0.4 is 20.7 Å². The van der Waals surface area contributed by atoms with E-state index in [0.29, 0.717) is 41.8 Å². The lowest BCUT2D eigenvalue weighted by atomic mass is 9.93. The summed E-state index contributed by atoms with van der Waals surface area (Å²) < 4.78 is 12.8. The number of hydrogen-bond acceptors (Lipinski definition) is 7. The molecular weight excluding hydrogens is 484 g/mol. The van der Waals surface area contributed by atoms with Crippen LogP contribution in [0, 0.1) is 11.8 Å². The number of fused-ring (bicyclic) bond motifs is 1. The van der Waals surface area contributed by atoms with Crippen LogP contribution in [0.15, 0.2) is 59.4 Å². The fourth-order valence-corrected chi connectivity index (χ4v) is 3.45. The van der Waals surface area contributed by atoms with E-state index in [0.717, 1.165) is 24.3 Å². The number of rotatable bonds is 9. The molecule has 4 N–H and O–H groups in total. The second-order valence-corrected chi connectivity index (χ2v) is 9.66. The number of carbonyl (C=O) groups excluding carboxylic acids is 1. The molecule has 198 valence electrons. The third-order valence-corrected chi connectivity index (χ3v) is 5.44. The SMILES string of the molecule is CC(C)(C)c1cc(NC(=O)Nc2ccc3nc(C#Cc4ccc(OCCCNCCO)cc4)cn3c2)no1. The number of nitrogens with zero attached hydrogens (tertiary/aromatic N) is 3. The van der Waals surface area contributed by atoms with Crippen molar-refractivity contribution in [3.05, 3.63) is 71.9 Å². The Kier molecular flexibility index (Phi) is 8.63. The van der Waals surface area contributed by atoms with Gasteiger partial charge in [0.2, 0.25) is 0 Å². The van der Waals surface area contributed by atoms with Crippen molar-refractivity contribution in [2.24, 2.45) is 0 Å². The monoisotopic (exact) mass is 516 g/mol. The van der Waals surface area contributed by atoms with E-state index in [2.05, 4.69) is 37.9 Å². The predicted octanol–water partition coefficient (Wildman–Crippen LogP) is 4.01. The first-order valence-electron chi connectivity index (χ1n) is 12.4. The molecule has 2 amide bonds. The maximum Gasteiger partial charge on any atom is 0.324 e. The van der Waals surface area contributed by atoms with Crippen molar-refractivity contribution in [3.63, 3.8) is 0 Å². The third kappa shape index (κ3) is 7.59. The van der Waals surface area contributed by atoms with Crippen LogP contribution in [-0.2, 0) is 5.41 Å². The van der Waals surface area contributed by atoms with E-state index in [1.807, 2.05) is 45.0 Å². The van der Waals surface area contributed by atoms with E-state index >= 15 is 0 Å². The van der Waals surface area contributed by atoms with Crippen LogP contribution in [-0.4, -0.2) is 52.0 Å². The number of urea groups is 1. The number of ether oxygens (including phenoxy) is 1. The normalized spacial score (nSPS) is 11.2. The fraction of sp³-hybridized carbons (Fsp3) is 0.321. The highest BCUT2D eigenvalue weighted by Gasteiger charge is 2.20. The van der Waals surface area contributed by atoms with E-state index in [1.54, 1.807) is 35.0 Å². The highest BCUT2D eigenvalue weighted by Crippen LogP contribution is 2.24. The summed E-state index contributed by atoms with van der Waals surface area (Å²) in [5.74, 6) is 8.01. The minimum absolute atomic E-state index is 0.138. The van der Waals surface area contributed by atoms with Gasteiger partial charge in [0.05, 0.1) is 18.9 Å². The number of hydrogen-bond donors (Lipinski definition) is 4. The standard InChI is InChI=1S/C28H32N6O4/c1-28(2,3)24-17-25(33-38-24)32-27(36)31-22-9-12-26-30-21(18-34(26)19-22)8-5-20-6-10-23(11-7-20)37-16-4-13-29-14-15-35/h6-7,9-12,17-19,29,35H,4,13-16H2,1-3H3,(H2,31,32,33,36). The number of aliphatic hydroxyl groups excluding tert-OH is 1. The highest BCUT2D eigenvalue weighted by molar-refractivity contribution is 5.99. The molecule has 1 aromatic carbocycles. The van der Waals surface area contributed by atoms with Gasteiger partial charge in [-0.3, -0.25) is 5.32 Å². The van der Waals surface area contributed by atoms with Gasteiger partial charge in [0.15, 0.2) is 5.82 Å². The average molecular weight is 517 g/mol. The van der Waals surface area contributed by atoms with Gasteiger partial charge in [-0.2, -0.15) is 0 Å². The van der Waals surface area contributed by atoms with E-state index in [4.69, 9.17) is 14.4 Å². The number of pyridine rings is 1. The van der Waals surface area contributed by atoms with Crippen LogP contribution in [0.25, 0.3) is 5.65 Å². The number of aromatic nitrogens is 3.